The van der Waals surface area contributed by atoms with E-state index < -0.39 is 180 Å². The van der Waals surface area contributed by atoms with E-state index in [0.29, 0.717) is 38.6 Å². The number of nitrogens with one attached hydrogen (secondary N) is 9. The van der Waals surface area contributed by atoms with E-state index in [1.165, 1.54) is 4.90 Å². The Morgan fingerprint density at radius 1 is 0.543 bits per heavy atom. The number of carbonyl (C=O) groups excluding carboxylic acids is 12. The average Bonchev–Trinajstić information content (AvgIpc) is 3.96. The first kappa shape index (κ1) is 72.4. The monoisotopic (exact) mass is 1170 g/mol. The molecule has 0 unspecified atom stereocenters. The number of rotatable bonds is 38. The van der Waals surface area contributed by atoms with Crippen molar-refractivity contribution in [2.45, 2.75) is 186 Å². The van der Waals surface area contributed by atoms with Gasteiger partial charge in [0.2, 0.25) is 70.9 Å². The van der Waals surface area contributed by atoms with Gasteiger partial charge in [-0.3, -0.25) is 57.5 Å². The lowest BCUT2D eigenvalue weighted by Crippen LogP contribution is -2.61. The second-order valence-corrected chi connectivity index (χ2v) is 22.0. The van der Waals surface area contributed by atoms with Crippen LogP contribution in [0.2, 0.25) is 0 Å². The van der Waals surface area contributed by atoms with E-state index in [0.717, 1.165) is 0 Å². The van der Waals surface area contributed by atoms with Crippen LogP contribution in [0.25, 0.3) is 0 Å². The minimum atomic E-state index is -1.72. The van der Waals surface area contributed by atoms with Gasteiger partial charge in [0.15, 0.2) is 0 Å². The molecule has 1 rings (SSSR count). The number of thiol groups is 1. The molecule has 0 saturated carbocycles. The van der Waals surface area contributed by atoms with Gasteiger partial charge in [-0.2, -0.15) is 12.6 Å². The number of carboxylic acids is 1. The van der Waals surface area contributed by atoms with Gasteiger partial charge in [-0.05, 0) is 94.5 Å². The molecule has 20 N–H and O–H groups in total. The molecular formula is C51H91N15O14S. The molecule has 12 amide bonds. The Bertz CT molecular complexity index is 2190. The first-order valence-electron chi connectivity index (χ1n) is 27.5. The van der Waals surface area contributed by atoms with Crippen LogP contribution in [-0.2, 0) is 62.3 Å². The van der Waals surface area contributed by atoms with Gasteiger partial charge in [0.05, 0.1) is 25.4 Å². The summed E-state index contributed by atoms with van der Waals surface area (Å²) in [5.41, 5.74) is 28.3. The van der Waals surface area contributed by atoms with Gasteiger partial charge < -0.3 is 86.5 Å². The maximum absolute atomic E-state index is 14.0. The van der Waals surface area contributed by atoms with Crippen molar-refractivity contribution in [3.05, 3.63) is 0 Å². The molecule has 0 aliphatic carbocycles. The van der Waals surface area contributed by atoms with Crippen molar-refractivity contribution in [3.8, 4) is 0 Å². The van der Waals surface area contributed by atoms with Gasteiger partial charge in [-0.1, -0.05) is 55.4 Å². The molecule has 0 aromatic rings. The Kier molecular flexibility index (Phi) is 32.7. The maximum Gasteiger partial charge on any atom is 0.326 e. The van der Waals surface area contributed by atoms with Crippen molar-refractivity contribution < 1.29 is 67.4 Å². The molecule has 460 valence electrons. The SMILES string of the molecule is CC(C)C[C@H](N)C(=O)N[C@@H](CCCCN)C(=O)N1CCC[C@H]1C(=O)N[C@@H](CC(N)=O)C(=O)N[C@@H](CS)C(=O)NCC(=O)N[C@@H](CC(N)=O)C(=O)N[C@@H](CCCCN)C(=O)N[C@H](C(=O)N[C@H](C(=O)N[C@H](C(=O)O)C(C)C)C(C)C)C(C)C. The molecule has 1 heterocycles. The second kappa shape index (κ2) is 36.6. The van der Waals surface area contributed by atoms with E-state index in [2.05, 4.69) is 60.5 Å². The smallest absolute Gasteiger partial charge is 0.326 e. The molecule has 81 heavy (non-hydrogen) atoms. The fourth-order valence-electron chi connectivity index (χ4n) is 8.60. The third kappa shape index (κ3) is 25.8. The summed E-state index contributed by atoms with van der Waals surface area (Å²) < 4.78 is 0. The van der Waals surface area contributed by atoms with Crippen molar-refractivity contribution in [2.75, 3.05) is 31.9 Å². The summed E-state index contributed by atoms with van der Waals surface area (Å²) in [6.45, 7) is 13.3. The molecule has 0 spiro atoms. The van der Waals surface area contributed by atoms with Crippen molar-refractivity contribution in [3.63, 3.8) is 0 Å². The Balaban J connectivity index is 3.21. The summed E-state index contributed by atoms with van der Waals surface area (Å²) in [5.74, 6) is -13.8. The zero-order valence-corrected chi connectivity index (χ0v) is 48.8. The lowest BCUT2D eigenvalue weighted by molar-refractivity contribution is -0.144. The number of nitrogens with zero attached hydrogens (tertiary/aromatic N) is 1. The number of unbranched alkanes of at least 4 members (excludes halogenated alkanes) is 2. The molecule has 0 radical (unpaired) electrons. The van der Waals surface area contributed by atoms with Gasteiger partial charge in [0.1, 0.15) is 54.4 Å². The van der Waals surface area contributed by atoms with Crippen LogP contribution in [0, 0.1) is 23.7 Å². The lowest BCUT2D eigenvalue weighted by Gasteiger charge is -2.30. The molecule has 0 aromatic carbocycles. The number of nitrogens with two attached hydrogens (primary N) is 5. The minimum Gasteiger partial charge on any atom is -0.480 e. The highest BCUT2D eigenvalue weighted by Crippen LogP contribution is 2.21. The van der Waals surface area contributed by atoms with Gasteiger partial charge in [0, 0.05) is 12.3 Å². The Hall–Kier alpha value is -6.66. The predicted molar refractivity (Wildman–Crippen MR) is 300 cm³/mol. The zero-order chi connectivity index (χ0) is 61.8. The van der Waals surface area contributed by atoms with Crippen molar-refractivity contribution in [1.82, 2.24) is 52.8 Å². The van der Waals surface area contributed by atoms with Crippen molar-refractivity contribution in [2.24, 2.45) is 52.3 Å². The highest BCUT2D eigenvalue weighted by molar-refractivity contribution is 7.80. The number of likely N-dealkylation sites (tertiary alicyclic amines) is 1. The summed E-state index contributed by atoms with van der Waals surface area (Å²) in [6.07, 6.45) is 1.27. The summed E-state index contributed by atoms with van der Waals surface area (Å²) in [4.78, 5) is 173. The lowest BCUT2D eigenvalue weighted by atomic mass is 9.98. The van der Waals surface area contributed by atoms with Crippen molar-refractivity contribution >= 4 is 89.5 Å². The first-order chi connectivity index (χ1) is 37.9. The standard InChI is InChI=1S/C51H91N15O14S/c1-25(2)20-29(54)42(70)60-31(15-10-12-18-53)50(78)66-19-13-16-35(66)47(75)61-33(22-37(56)68)46(74)62-34(24-81)43(71)57-23-38(69)58-32(21-36(55)67)45(73)59-30(14-9-11-17-52)44(72)63-39(26(3)4)48(76)64-40(27(5)6)49(77)65-41(28(7)8)51(79)80/h25-35,39-41,81H,9-24,52-54H2,1-8H3,(H2,55,67)(H2,56,68)(H,57,71)(H,58,69)(H,59,73)(H,60,70)(H,61,75)(H,62,74)(H,63,72)(H,64,76)(H,65,77)(H,79,80)/t29-,30-,31-,32-,33-,34-,35-,39-,40-,41-/m0/s1. The molecule has 1 aliphatic heterocycles. The molecule has 1 aliphatic rings. The Morgan fingerprint density at radius 3 is 1.44 bits per heavy atom. The van der Waals surface area contributed by atoms with E-state index in [9.17, 15) is 67.4 Å². The van der Waals surface area contributed by atoms with E-state index in [4.69, 9.17) is 28.7 Å². The predicted octanol–water partition coefficient (Wildman–Crippen LogP) is -4.66. The maximum atomic E-state index is 14.0. The summed E-state index contributed by atoms with van der Waals surface area (Å²) in [5, 5.41) is 31.8. The number of carbonyl (C=O) groups is 13. The number of hydrogen-bond acceptors (Lipinski definition) is 17. The van der Waals surface area contributed by atoms with Crippen LogP contribution in [0.3, 0.4) is 0 Å². The number of aliphatic carboxylic acids is 1. The zero-order valence-electron chi connectivity index (χ0n) is 47.9. The largest absolute Gasteiger partial charge is 0.480 e. The average molecular weight is 1170 g/mol. The van der Waals surface area contributed by atoms with Crippen LogP contribution in [-0.4, -0.2) is 179 Å². The quantitative estimate of drug-likeness (QED) is 0.0204. The topological polar surface area (TPSA) is 484 Å². The van der Waals surface area contributed by atoms with E-state index >= 15 is 0 Å². The number of primary amides is 2. The van der Waals surface area contributed by atoms with Crippen LogP contribution in [0.15, 0.2) is 0 Å². The summed E-state index contributed by atoms with van der Waals surface area (Å²) in [7, 11) is 0. The summed E-state index contributed by atoms with van der Waals surface area (Å²) >= 11 is 4.14. The first-order valence-corrected chi connectivity index (χ1v) is 28.1. The molecular weight excluding hydrogens is 1080 g/mol. The van der Waals surface area contributed by atoms with Crippen LogP contribution in [0.1, 0.15) is 126 Å². The minimum absolute atomic E-state index is 0.0389. The Morgan fingerprint density at radius 2 is 0.988 bits per heavy atom. The number of hydrogen-bond donors (Lipinski definition) is 16. The Labute approximate surface area is 478 Å². The molecule has 0 aromatic heterocycles. The normalized spacial score (nSPS) is 16.5. The van der Waals surface area contributed by atoms with Crippen LogP contribution in [0.4, 0.5) is 0 Å². The molecule has 30 heteroatoms. The van der Waals surface area contributed by atoms with Crippen LogP contribution < -0.4 is 76.5 Å². The molecule has 1 saturated heterocycles. The second-order valence-electron chi connectivity index (χ2n) is 21.6. The number of amides is 12. The van der Waals surface area contributed by atoms with Crippen LogP contribution in [0.5, 0.6) is 0 Å². The molecule has 10 atom stereocenters. The highest BCUT2D eigenvalue weighted by Gasteiger charge is 2.41. The van der Waals surface area contributed by atoms with Gasteiger partial charge in [-0.25, -0.2) is 4.79 Å². The van der Waals surface area contributed by atoms with Crippen molar-refractivity contribution in [1.29, 1.82) is 0 Å². The molecule has 0 bridgehead atoms. The highest BCUT2D eigenvalue weighted by atomic mass is 32.1. The summed E-state index contributed by atoms with van der Waals surface area (Å²) in [6, 6.07) is -13.1. The molecule has 1 fully saturated rings. The van der Waals surface area contributed by atoms with Crippen LogP contribution >= 0.6 is 12.6 Å². The van der Waals surface area contributed by atoms with E-state index in [1.807, 2.05) is 13.8 Å². The third-order valence-electron chi connectivity index (χ3n) is 13.1. The fraction of sp³-hybridized carbons (Fsp3) is 0.745. The third-order valence-corrected chi connectivity index (χ3v) is 13.5. The van der Waals surface area contributed by atoms with E-state index in [-0.39, 0.29) is 44.7 Å². The van der Waals surface area contributed by atoms with Gasteiger partial charge in [-0.15, -0.1) is 0 Å². The van der Waals surface area contributed by atoms with E-state index in [1.54, 1.807) is 41.5 Å². The number of carboxylic acid groups (broad SMARTS) is 1. The van der Waals surface area contributed by atoms with Gasteiger partial charge in [0.25, 0.3) is 0 Å². The molecule has 29 nitrogen and oxygen atoms in total. The van der Waals surface area contributed by atoms with Gasteiger partial charge >= 0.3 is 5.97 Å². The fourth-order valence-corrected chi connectivity index (χ4v) is 8.85.